The normalized spacial score (nSPS) is 16.0. The fourth-order valence-electron chi connectivity index (χ4n) is 5.17. The fourth-order valence-corrected chi connectivity index (χ4v) is 5.17. The van der Waals surface area contributed by atoms with Gasteiger partial charge in [-0.2, -0.15) is 0 Å². The Morgan fingerprint density at radius 3 is 2.16 bits per heavy atom. The molecule has 220 valence electrons. The van der Waals surface area contributed by atoms with Crippen LogP contribution in [0.2, 0.25) is 0 Å². The van der Waals surface area contributed by atoms with Crippen LogP contribution in [0, 0.1) is 6.92 Å². The number of nitrogens with zero attached hydrogens (tertiary/aromatic N) is 1. The molecule has 0 bridgehead atoms. The first-order valence-corrected chi connectivity index (χ1v) is 14.2. The third-order valence-corrected chi connectivity index (χ3v) is 7.31. The lowest BCUT2D eigenvalue weighted by molar-refractivity contribution is -0.140. The molecule has 0 aliphatic carbocycles. The van der Waals surface area contributed by atoms with Gasteiger partial charge in [-0.15, -0.1) is 0 Å². The van der Waals surface area contributed by atoms with Gasteiger partial charge in [0.25, 0.3) is 11.7 Å². The van der Waals surface area contributed by atoms with Gasteiger partial charge in [0.1, 0.15) is 29.6 Å². The van der Waals surface area contributed by atoms with Gasteiger partial charge in [0.05, 0.1) is 24.8 Å². The lowest BCUT2D eigenvalue weighted by atomic mass is 9.94. The van der Waals surface area contributed by atoms with Crippen LogP contribution in [0.25, 0.3) is 5.76 Å². The molecule has 1 saturated heterocycles. The van der Waals surface area contributed by atoms with Crippen LogP contribution in [0.15, 0.2) is 103 Å². The summed E-state index contributed by atoms with van der Waals surface area (Å²) in [5.41, 5.74) is 3.80. The number of aryl methyl sites for hydroxylation is 1. The molecule has 4 aromatic carbocycles. The number of aliphatic hydroxyl groups excluding tert-OH is 1. The number of carbonyl (C=O) groups is 2. The molecule has 1 N–H and O–H groups in total. The molecule has 1 unspecified atom stereocenters. The molecule has 0 saturated carbocycles. The summed E-state index contributed by atoms with van der Waals surface area (Å²) >= 11 is 0. The van der Waals surface area contributed by atoms with Gasteiger partial charge in [0.15, 0.2) is 0 Å². The first-order chi connectivity index (χ1) is 20.7. The van der Waals surface area contributed by atoms with Crippen molar-refractivity contribution in [1.29, 1.82) is 0 Å². The summed E-state index contributed by atoms with van der Waals surface area (Å²) in [4.78, 5) is 28.5. The molecule has 1 atom stereocenters. The van der Waals surface area contributed by atoms with E-state index in [1.807, 2.05) is 75.4 Å². The molecule has 1 heterocycles. The van der Waals surface area contributed by atoms with Crippen molar-refractivity contribution >= 4 is 17.4 Å². The van der Waals surface area contributed by atoms with Crippen LogP contribution >= 0.6 is 0 Å². The Labute approximate surface area is 252 Å². The van der Waals surface area contributed by atoms with Crippen molar-refractivity contribution in [3.05, 3.63) is 130 Å². The molecule has 1 amide bonds. The summed E-state index contributed by atoms with van der Waals surface area (Å²) in [7, 11) is 1.57. The molecule has 7 nitrogen and oxygen atoms in total. The summed E-state index contributed by atoms with van der Waals surface area (Å²) < 4.78 is 17.1. The van der Waals surface area contributed by atoms with E-state index >= 15 is 0 Å². The van der Waals surface area contributed by atoms with E-state index in [9.17, 15) is 14.7 Å². The Bertz CT molecular complexity index is 1630. The minimum Gasteiger partial charge on any atom is -0.507 e. The first-order valence-electron chi connectivity index (χ1n) is 14.2. The SMILES string of the molecule is COc1ccc(C2/C(=C(/O)c3ccc(OCc4ccccc4)c(C)c3)C(=O)C(=O)N2Cc2ccc(OC(C)C)cc2)cc1. The monoisotopic (exact) mass is 577 g/mol. The number of hydrogen-bond acceptors (Lipinski definition) is 6. The van der Waals surface area contributed by atoms with E-state index < -0.39 is 17.7 Å². The van der Waals surface area contributed by atoms with Crippen LogP contribution in [0.3, 0.4) is 0 Å². The number of ketones is 1. The van der Waals surface area contributed by atoms with Crippen LogP contribution in [0.5, 0.6) is 17.2 Å². The summed E-state index contributed by atoms with van der Waals surface area (Å²) in [6.07, 6.45) is 0.0341. The van der Waals surface area contributed by atoms with Gasteiger partial charge in [-0.05, 0) is 85.5 Å². The van der Waals surface area contributed by atoms with Gasteiger partial charge in [-0.25, -0.2) is 0 Å². The van der Waals surface area contributed by atoms with E-state index in [0.29, 0.717) is 29.2 Å². The third-order valence-electron chi connectivity index (χ3n) is 7.31. The maximum Gasteiger partial charge on any atom is 0.295 e. The highest BCUT2D eigenvalue weighted by atomic mass is 16.5. The number of aliphatic hydroxyl groups is 1. The molecular formula is C36H35NO6. The number of ether oxygens (including phenoxy) is 3. The van der Waals surface area contributed by atoms with E-state index in [0.717, 1.165) is 22.4 Å². The lowest BCUT2D eigenvalue weighted by Gasteiger charge is -2.26. The number of benzene rings is 4. The third kappa shape index (κ3) is 6.56. The molecule has 0 aromatic heterocycles. The number of carbonyl (C=O) groups excluding carboxylic acids is 2. The summed E-state index contributed by atoms with van der Waals surface area (Å²) in [5, 5.41) is 11.6. The second-order valence-electron chi connectivity index (χ2n) is 10.8. The Morgan fingerprint density at radius 2 is 1.53 bits per heavy atom. The standard InChI is InChI=1S/C36H35NO6/c1-23(2)43-30-15-10-25(11-16-30)21-37-33(27-12-17-29(41-4)18-13-27)32(35(39)36(37)40)34(38)28-14-19-31(24(3)20-28)42-22-26-8-6-5-7-9-26/h5-20,23,33,38H,21-22H2,1-4H3/b34-32-. The van der Waals surface area contributed by atoms with E-state index in [4.69, 9.17) is 14.2 Å². The number of Topliss-reactive ketones (excluding diaryl/α,β-unsaturated/α-hetero) is 1. The van der Waals surface area contributed by atoms with E-state index in [1.165, 1.54) is 4.90 Å². The predicted octanol–water partition coefficient (Wildman–Crippen LogP) is 6.99. The quantitative estimate of drug-likeness (QED) is 0.124. The largest absolute Gasteiger partial charge is 0.507 e. The summed E-state index contributed by atoms with van der Waals surface area (Å²) in [6.45, 7) is 6.36. The first kappa shape index (κ1) is 29.5. The Morgan fingerprint density at radius 1 is 0.860 bits per heavy atom. The van der Waals surface area contributed by atoms with Crippen LogP contribution < -0.4 is 14.2 Å². The minimum atomic E-state index is -0.799. The number of likely N-dealkylation sites (tertiary alicyclic amines) is 1. The van der Waals surface area contributed by atoms with Gasteiger partial charge in [0.2, 0.25) is 0 Å². The number of methoxy groups -OCH3 is 1. The van der Waals surface area contributed by atoms with E-state index in [1.54, 1.807) is 49.6 Å². The van der Waals surface area contributed by atoms with Crippen molar-refractivity contribution in [3.63, 3.8) is 0 Å². The summed E-state index contributed by atoms with van der Waals surface area (Å²) in [5.74, 6) is 0.379. The maximum absolute atomic E-state index is 13.5. The fraction of sp³-hybridized carbons (Fsp3) is 0.222. The van der Waals surface area contributed by atoms with Crippen LogP contribution in [-0.4, -0.2) is 34.9 Å². The molecule has 1 fully saturated rings. The number of amides is 1. The van der Waals surface area contributed by atoms with Crippen molar-refractivity contribution in [2.45, 2.75) is 46.1 Å². The Balaban J connectivity index is 1.49. The van der Waals surface area contributed by atoms with Gasteiger partial charge in [-0.3, -0.25) is 9.59 Å². The maximum atomic E-state index is 13.5. The molecule has 0 spiro atoms. The topological polar surface area (TPSA) is 85.3 Å². The van der Waals surface area contributed by atoms with Crippen LogP contribution in [0.4, 0.5) is 0 Å². The van der Waals surface area contributed by atoms with Crippen molar-refractivity contribution in [2.24, 2.45) is 0 Å². The predicted molar refractivity (Wildman–Crippen MR) is 165 cm³/mol. The molecular weight excluding hydrogens is 542 g/mol. The second-order valence-corrected chi connectivity index (χ2v) is 10.8. The van der Waals surface area contributed by atoms with Crippen LogP contribution in [0.1, 0.15) is 47.7 Å². The van der Waals surface area contributed by atoms with E-state index in [2.05, 4.69) is 0 Å². The van der Waals surface area contributed by atoms with Crippen LogP contribution in [-0.2, 0) is 22.7 Å². The summed E-state index contributed by atoms with van der Waals surface area (Å²) in [6, 6.07) is 28.9. The number of rotatable bonds is 10. The average molecular weight is 578 g/mol. The lowest BCUT2D eigenvalue weighted by Crippen LogP contribution is -2.29. The second kappa shape index (κ2) is 12.9. The Hall–Kier alpha value is -5.04. The molecule has 43 heavy (non-hydrogen) atoms. The molecule has 4 aromatic rings. The highest BCUT2D eigenvalue weighted by Gasteiger charge is 2.46. The minimum absolute atomic E-state index is 0.0341. The van der Waals surface area contributed by atoms with Gasteiger partial charge in [0, 0.05) is 12.1 Å². The van der Waals surface area contributed by atoms with Crippen molar-refractivity contribution in [2.75, 3.05) is 7.11 Å². The molecule has 7 heteroatoms. The molecule has 5 rings (SSSR count). The van der Waals surface area contributed by atoms with E-state index in [-0.39, 0.29) is 24.0 Å². The highest BCUT2D eigenvalue weighted by Crippen LogP contribution is 2.41. The van der Waals surface area contributed by atoms with Gasteiger partial charge >= 0.3 is 0 Å². The van der Waals surface area contributed by atoms with Gasteiger partial charge in [-0.1, -0.05) is 54.6 Å². The molecule has 1 aliphatic rings. The average Bonchev–Trinajstić information content (AvgIpc) is 3.26. The van der Waals surface area contributed by atoms with Crippen molar-refractivity contribution in [3.8, 4) is 17.2 Å². The highest BCUT2D eigenvalue weighted by molar-refractivity contribution is 6.46. The molecule has 1 aliphatic heterocycles. The van der Waals surface area contributed by atoms with Crippen molar-refractivity contribution < 1.29 is 28.9 Å². The smallest absolute Gasteiger partial charge is 0.295 e. The van der Waals surface area contributed by atoms with Crippen molar-refractivity contribution in [1.82, 2.24) is 4.90 Å². The zero-order valence-corrected chi connectivity index (χ0v) is 24.7. The zero-order valence-electron chi connectivity index (χ0n) is 24.7. The molecule has 0 radical (unpaired) electrons. The zero-order chi connectivity index (χ0) is 30.5. The number of hydrogen-bond donors (Lipinski definition) is 1. The Kier molecular flexibility index (Phi) is 8.81. The van der Waals surface area contributed by atoms with Gasteiger partial charge < -0.3 is 24.2 Å².